The van der Waals surface area contributed by atoms with Crippen molar-refractivity contribution in [2.24, 2.45) is 0 Å². The molecule has 0 atom stereocenters. The second-order valence-electron chi connectivity index (χ2n) is 10.6. The molecule has 43 heavy (non-hydrogen) atoms. The molecule has 222 valence electrons. The van der Waals surface area contributed by atoms with Gasteiger partial charge in [0.25, 0.3) is 0 Å². The zero-order chi connectivity index (χ0) is 29.9. The first-order valence-electron chi connectivity index (χ1n) is 13.8. The second kappa shape index (κ2) is 13.5. The smallest absolute Gasteiger partial charge is 0.239 e. The predicted molar refractivity (Wildman–Crippen MR) is 174 cm³/mol. The number of benzene rings is 4. The van der Waals surface area contributed by atoms with E-state index in [0.29, 0.717) is 17.4 Å². The minimum Gasteiger partial charge on any atom is -1.00 e. The van der Waals surface area contributed by atoms with Crippen molar-refractivity contribution < 1.29 is 29.8 Å². The van der Waals surface area contributed by atoms with Crippen LogP contribution in [-0.4, -0.2) is 31.7 Å². The third kappa shape index (κ3) is 6.72. The molecule has 0 radical (unpaired) electrons. The number of nitrogens with zero attached hydrogens (tertiary/aromatic N) is 3. The molecule has 5 nitrogen and oxygen atoms in total. The van der Waals surface area contributed by atoms with Crippen molar-refractivity contribution in [1.82, 2.24) is 9.97 Å². The van der Waals surface area contributed by atoms with Gasteiger partial charge < -0.3 is 17.0 Å². The maximum atomic E-state index is 14.7. The summed E-state index contributed by atoms with van der Waals surface area (Å²) in [6.07, 6.45) is 1.69. The lowest BCUT2D eigenvalue weighted by Gasteiger charge is -2.30. The third-order valence-electron chi connectivity index (χ3n) is 7.44. The highest BCUT2D eigenvalue weighted by molar-refractivity contribution is 7.95. The van der Waals surface area contributed by atoms with Gasteiger partial charge in [0.05, 0.1) is 17.6 Å². The van der Waals surface area contributed by atoms with E-state index < -0.39 is 23.1 Å². The molecule has 0 saturated carbocycles. The molecule has 0 spiro atoms. The summed E-state index contributed by atoms with van der Waals surface area (Å²) < 4.78 is 40.9. The second-order valence-corrected chi connectivity index (χ2v) is 16.1. The Hall–Kier alpha value is -3.45. The minimum atomic E-state index is -3.64. The fourth-order valence-corrected chi connectivity index (χ4v) is 9.94. The number of rotatable bonds is 9. The van der Waals surface area contributed by atoms with Gasteiger partial charge in [0, 0.05) is 18.2 Å². The van der Waals surface area contributed by atoms with Crippen LogP contribution in [-0.2, 0) is 16.2 Å². The van der Waals surface area contributed by atoms with E-state index in [2.05, 4.69) is 72.8 Å². The average molecular weight is 679 g/mol. The van der Waals surface area contributed by atoms with Crippen LogP contribution in [0.25, 0.3) is 11.3 Å². The van der Waals surface area contributed by atoms with Crippen molar-refractivity contribution in [3.63, 3.8) is 0 Å². The number of hydrogen-bond acceptors (Lipinski definition) is 4. The summed E-state index contributed by atoms with van der Waals surface area (Å²) >= 11 is 0. The van der Waals surface area contributed by atoms with E-state index in [1.807, 2.05) is 38.1 Å². The van der Waals surface area contributed by atoms with Crippen LogP contribution in [0.15, 0.2) is 115 Å². The number of anilines is 1. The number of halogens is 2. The lowest BCUT2D eigenvalue weighted by molar-refractivity contribution is -0.0000116. The monoisotopic (exact) mass is 677 g/mol. The average Bonchev–Trinajstić information content (AvgIpc) is 3.00. The van der Waals surface area contributed by atoms with Gasteiger partial charge in [0.2, 0.25) is 16.0 Å². The molecule has 0 amide bonds. The van der Waals surface area contributed by atoms with Crippen LogP contribution in [0.2, 0.25) is 0 Å². The molecule has 1 heterocycles. The van der Waals surface area contributed by atoms with E-state index in [9.17, 15) is 12.8 Å². The molecule has 5 aromatic rings. The van der Waals surface area contributed by atoms with Gasteiger partial charge in [-0.3, -0.25) is 0 Å². The van der Waals surface area contributed by atoms with E-state index >= 15 is 0 Å². The highest BCUT2D eigenvalue weighted by atomic mass is 79.9. The van der Waals surface area contributed by atoms with E-state index in [1.165, 1.54) is 35.1 Å². The zero-order valence-corrected chi connectivity index (χ0v) is 27.8. The summed E-state index contributed by atoms with van der Waals surface area (Å²) in [5, 5.41) is 3.58. The Balaban J connectivity index is 0.00000423. The fourth-order valence-electron chi connectivity index (χ4n) is 5.29. The van der Waals surface area contributed by atoms with Crippen molar-refractivity contribution in [2.75, 3.05) is 17.6 Å². The summed E-state index contributed by atoms with van der Waals surface area (Å²) in [6, 6.07) is 37.8. The minimum absolute atomic E-state index is 0. The van der Waals surface area contributed by atoms with Crippen molar-refractivity contribution in [3.8, 4) is 11.3 Å². The molecule has 5 rings (SSSR count). The van der Waals surface area contributed by atoms with Gasteiger partial charge in [0.1, 0.15) is 35.2 Å². The van der Waals surface area contributed by atoms with Gasteiger partial charge in [-0.1, -0.05) is 80.6 Å². The van der Waals surface area contributed by atoms with E-state index in [-0.39, 0.29) is 28.8 Å². The maximum Gasteiger partial charge on any atom is 0.239 e. The van der Waals surface area contributed by atoms with Gasteiger partial charge in [-0.15, -0.1) is 0 Å². The molecule has 0 bridgehead atoms. The van der Waals surface area contributed by atoms with Crippen LogP contribution in [0.3, 0.4) is 0 Å². The van der Waals surface area contributed by atoms with Crippen LogP contribution in [0.1, 0.15) is 31.0 Å². The SMILES string of the molecule is CC(C)c1nc(N(C)S(C)(=O)=O)nc(-c2cccc(F)c2)c1C[P+](c1ccccc1)(c1ccccc1)c1ccccc1.[Br-]. The number of sulfonamides is 1. The Morgan fingerprint density at radius 3 is 1.67 bits per heavy atom. The van der Waals surface area contributed by atoms with Crippen LogP contribution in [0.5, 0.6) is 0 Å². The van der Waals surface area contributed by atoms with E-state index in [0.717, 1.165) is 21.8 Å². The summed E-state index contributed by atoms with van der Waals surface area (Å²) in [5.41, 5.74) is 2.73. The van der Waals surface area contributed by atoms with Crippen molar-refractivity contribution >= 4 is 39.1 Å². The molecule has 1 aromatic heterocycles. The first-order chi connectivity index (χ1) is 20.1. The van der Waals surface area contributed by atoms with Crippen LogP contribution < -0.4 is 37.2 Å². The lowest BCUT2D eigenvalue weighted by Crippen LogP contribution is -3.00. The van der Waals surface area contributed by atoms with Crippen LogP contribution in [0, 0.1) is 5.82 Å². The standard InChI is InChI=1S/C34H34FN3O2PS.BrH/c1-25(2)32-31(33(26-15-14-16-27(35)23-26)37-34(36-32)38(3)42(4,39)40)24-41(28-17-8-5-9-18-28,29-19-10-6-11-20-29)30-21-12-7-13-22-30;/h5-23,25H,24H2,1-4H3;1H/q+1;/p-1. The molecule has 0 fully saturated rings. The molecular weight excluding hydrogens is 644 g/mol. The molecule has 0 aliphatic rings. The third-order valence-corrected chi connectivity index (χ3v) is 12.9. The summed E-state index contributed by atoms with van der Waals surface area (Å²) in [4.78, 5) is 9.72. The quantitative estimate of drug-likeness (QED) is 0.225. The number of aromatic nitrogens is 2. The maximum absolute atomic E-state index is 14.7. The van der Waals surface area contributed by atoms with Crippen LogP contribution in [0.4, 0.5) is 10.3 Å². The van der Waals surface area contributed by atoms with Crippen molar-refractivity contribution in [1.29, 1.82) is 0 Å². The summed E-state index contributed by atoms with van der Waals surface area (Å²) in [6.45, 7) is 4.08. The van der Waals surface area contributed by atoms with Crippen molar-refractivity contribution in [2.45, 2.75) is 25.9 Å². The highest BCUT2D eigenvalue weighted by Crippen LogP contribution is 2.59. The molecule has 4 aromatic carbocycles. The van der Waals surface area contributed by atoms with Gasteiger partial charge in [-0.25, -0.2) is 27.1 Å². The zero-order valence-electron chi connectivity index (χ0n) is 24.5. The lowest BCUT2D eigenvalue weighted by atomic mass is 9.99. The Morgan fingerprint density at radius 2 is 1.26 bits per heavy atom. The highest BCUT2D eigenvalue weighted by Gasteiger charge is 2.47. The van der Waals surface area contributed by atoms with Gasteiger partial charge in [0.15, 0.2) is 0 Å². The fraction of sp³-hybridized carbons (Fsp3) is 0.176. The summed E-state index contributed by atoms with van der Waals surface area (Å²) in [7, 11) is -4.58. The Morgan fingerprint density at radius 1 is 0.767 bits per heavy atom. The van der Waals surface area contributed by atoms with Crippen LogP contribution >= 0.6 is 7.26 Å². The molecule has 0 aliphatic carbocycles. The van der Waals surface area contributed by atoms with E-state index in [4.69, 9.17) is 9.97 Å². The largest absolute Gasteiger partial charge is 1.00 e. The van der Waals surface area contributed by atoms with Gasteiger partial charge >= 0.3 is 0 Å². The molecule has 0 N–H and O–H groups in total. The first kappa shape index (κ1) is 32.5. The predicted octanol–water partition coefficient (Wildman–Crippen LogP) is 3.30. The summed E-state index contributed by atoms with van der Waals surface area (Å²) in [5.74, 6) is -0.394. The van der Waals surface area contributed by atoms with Gasteiger partial charge in [-0.2, -0.15) is 0 Å². The molecule has 0 unspecified atom stereocenters. The Bertz CT molecular complexity index is 1690. The Kier molecular flexibility index (Phi) is 10.2. The van der Waals surface area contributed by atoms with Crippen molar-refractivity contribution in [3.05, 3.63) is 132 Å². The molecular formula is C34H34BrFN3O2PS. The van der Waals surface area contributed by atoms with Gasteiger partial charge in [-0.05, 0) is 54.4 Å². The first-order valence-corrected chi connectivity index (χ1v) is 17.6. The van der Waals surface area contributed by atoms with E-state index in [1.54, 1.807) is 6.07 Å². The molecule has 0 aliphatic heterocycles. The number of hydrogen-bond donors (Lipinski definition) is 0. The topological polar surface area (TPSA) is 63.2 Å². The molecule has 0 saturated heterocycles. The Labute approximate surface area is 265 Å². The molecule has 9 heteroatoms. The normalized spacial score (nSPS) is 11.7.